The number of nitrogen functional groups attached to an aromatic ring is 3. The van der Waals surface area contributed by atoms with Gasteiger partial charge in [0, 0.05) is 170 Å². The standard InChI is InChI=1S/C23H23ClN8S.C22H22ClN9S.C18H19IN6.C12H17N3.C5H2ClIN4.C5H5ClN2S.2CH4.B2.Na/c1-14-16-11-26-6-2-15(16)10-23(14)4-8-31(9-5-23)22-28-12-18(21-30-29-13-32(21)22)33-17-3-7-27-20(25)19(17)24;23-17-15(2-6-27-19(17)25)33-16-11-28-21(32-12-29-30-20(16)32)31-7-3-22(4-8-31)9-13-1-5-26-10-14(13)18(22)24;1-12-14-9-20-5-2-13(14)8-18(12)3-6-24(7-4-18)17-21-10-15(19)16-23-22-11-25(16)17;13-11-10-8-15-4-1-9(10)7-12(11)2-5-14-6-3-12;6-5-8-1-3(7)4-10-9-2-11(4)5;6-4-3(9)1-2-8-5(4)7;;;1-2;/h2-3,6-7,11-14H,4-5,8-10H2,1H3,(H2,25,27);1-2,5-6,10-12,18H,3-4,7-9,24H2,(H2,25,27);2,5,9-12H,3-4,6-8H2,1H3;1,4,8,11,14H,2-3,5-7,13H2;1-2H;1-2H,(H3,7,8,9);2*1H4;;/q;;;;;;;;;+1/p-1/t14-;18-;12-;11-;;;;;;/m1111....../s1. The summed E-state index contributed by atoms with van der Waals surface area (Å²) in [5, 5.41) is 37.9. The fourth-order valence-electron chi connectivity index (χ4n) is 19.3. The van der Waals surface area contributed by atoms with E-state index in [4.69, 9.17) is 97.7 Å². The van der Waals surface area contributed by atoms with Gasteiger partial charge in [-0.1, -0.05) is 93.1 Å². The van der Waals surface area contributed by atoms with E-state index in [1.807, 2.05) is 81.1 Å². The van der Waals surface area contributed by atoms with Crippen LogP contribution in [0, 0.1) is 28.8 Å². The quantitative estimate of drug-likeness (QED) is 0.0373. The average Bonchev–Trinajstić information content (AvgIpc) is 1.62. The summed E-state index contributed by atoms with van der Waals surface area (Å²) in [7, 11) is 8.00. The van der Waals surface area contributed by atoms with Crippen LogP contribution in [0.15, 0.2) is 185 Å². The molecule has 15 aromatic rings. The average molecular weight is 2130 g/mol. The zero-order valence-electron chi connectivity index (χ0n) is 70.6. The number of halogens is 6. The molecule has 4 fully saturated rings. The first-order valence-corrected chi connectivity index (χ1v) is 47.3. The number of aromatic nitrogens is 23. The summed E-state index contributed by atoms with van der Waals surface area (Å²) >= 11 is 36.1. The molecule has 0 amide bonds. The van der Waals surface area contributed by atoms with Crippen molar-refractivity contribution in [2.45, 2.75) is 154 Å². The SMILES string of the molecule is C.C.C[C@@H]1c2cnccc2CC12CCN(c1ncc(I)c3nncn13)CC2.C[C@@H]1c2cnccc2CC12CCN(c1ncc(Sc3ccnc(N)c3Cl)c3nncn13)CC2.Clc1ncc(I)c2nncn12.N[C@@H]1c2cnccc2CC12CCNCC2.Nc1nccc(Sc2cnc(N3CCC4(CC3)Cc3ccncc3[C@H]4N)n3cnnc23)c1Cl.Nc1nccc([S-])c1Cl.[B][B].[Na+]. The number of pyridine rings is 7. The minimum atomic E-state index is 0. The zero-order valence-corrected chi connectivity index (χ0v) is 82.4. The molecule has 131 heavy (non-hydrogen) atoms. The molecule has 0 unspecified atom stereocenters. The van der Waals surface area contributed by atoms with Crippen molar-refractivity contribution in [3.8, 4) is 0 Å². The van der Waals surface area contributed by atoms with Gasteiger partial charge < -0.3 is 61.3 Å². The van der Waals surface area contributed by atoms with Crippen molar-refractivity contribution in [2.75, 3.05) is 84.3 Å². The van der Waals surface area contributed by atoms with Crippen LogP contribution in [-0.4, -0.2) is 181 Å². The monoisotopic (exact) mass is 2120 g/mol. The Kier molecular flexibility index (Phi) is 32.1. The summed E-state index contributed by atoms with van der Waals surface area (Å²) in [6.45, 7) is 12.6. The van der Waals surface area contributed by atoms with E-state index in [1.54, 1.807) is 48.0 Å². The van der Waals surface area contributed by atoms with Crippen molar-refractivity contribution in [2.24, 2.45) is 33.1 Å². The third-order valence-electron chi connectivity index (χ3n) is 26.6. The van der Waals surface area contributed by atoms with Crippen LogP contribution in [0.5, 0.6) is 0 Å². The van der Waals surface area contributed by atoms with E-state index in [2.05, 4.69) is 217 Å². The second-order valence-electron chi connectivity index (χ2n) is 33.0. The van der Waals surface area contributed by atoms with Gasteiger partial charge in [-0.05, 0) is 261 Å². The Balaban J connectivity index is 0.000000132. The van der Waals surface area contributed by atoms with E-state index in [-0.39, 0.29) is 61.9 Å². The van der Waals surface area contributed by atoms with Crippen molar-refractivity contribution in [3.63, 3.8) is 0 Å². The number of hydrogen-bond donors (Lipinski definition) is 6. The number of rotatable bonds is 7. The molecule has 4 atom stereocenters. The van der Waals surface area contributed by atoms with Gasteiger partial charge in [0.1, 0.15) is 42.8 Å². The number of piperidine rings is 4. The van der Waals surface area contributed by atoms with E-state index in [0.717, 1.165) is 164 Å². The predicted octanol–water partition coefficient (Wildman–Crippen LogP) is 11.6. The zero-order chi connectivity index (χ0) is 89.2. The van der Waals surface area contributed by atoms with E-state index in [9.17, 15) is 0 Å². The fraction of sp³-hybridized carbons (Fsp3) is 0.368. The van der Waals surface area contributed by atoms with E-state index in [0.29, 0.717) is 70.8 Å². The molecular weight excluding hydrogens is 2030 g/mol. The molecule has 4 spiro atoms. The van der Waals surface area contributed by atoms with Crippen LogP contribution in [-0.2, 0) is 38.3 Å². The molecule has 8 aliphatic rings. The molecule has 4 saturated heterocycles. The Morgan fingerprint density at radius 2 is 0.733 bits per heavy atom. The van der Waals surface area contributed by atoms with Crippen molar-refractivity contribution in [1.29, 1.82) is 0 Å². The van der Waals surface area contributed by atoms with Crippen LogP contribution >= 0.6 is 115 Å². The molecule has 4 aliphatic carbocycles. The number of hydrogen-bond acceptors (Lipinski definition) is 31. The van der Waals surface area contributed by atoms with Gasteiger partial charge in [0.2, 0.25) is 23.1 Å². The van der Waals surface area contributed by atoms with Crippen LogP contribution in [0.3, 0.4) is 0 Å². The normalized spacial score (nSPS) is 18.7. The van der Waals surface area contributed by atoms with Crippen LogP contribution in [0.1, 0.15) is 148 Å². The fourth-order valence-corrected chi connectivity index (χ4v) is 23.1. The molecule has 0 saturated carbocycles. The third-order valence-corrected chi connectivity index (χ3v) is 32.4. The maximum absolute atomic E-state index is 6.70. The Morgan fingerprint density at radius 3 is 1.12 bits per heavy atom. The van der Waals surface area contributed by atoms with Gasteiger partial charge in [0.05, 0.1) is 32.0 Å². The molecule has 0 aromatic carbocycles. The maximum Gasteiger partial charge on any atom is 1.00 e. The third kappa shape index (κ3) is 19.9. The van der Waals surface area contributed by atoms with Crippen LogP contribution < -0.4 is 78.2 Å². The molecule has 670 valence electrons. The first kappa shape index (κ1) is 98.6. The summed E-state index contributed by atoms with van der Waals surface area (Å²) in [5.74, 6) is 4.68. The number of nitrogens with one attached hydrogen (secondary N) is 1. The van der Waals surface area contributed by atoms with Gasteiger partial charge >= 0.3 is 29.6 Å². The van der Waals surface area contributed by atoms with E-state index < -0.39 is 0 Å². The van der Waals surface area contributed by atoms with Crippen molar-refractivity contribution >= 4 is 201 Å². The van der Waals surface area contributed by atoms with Gasteiger partial charge in [0.25, 0.3) is 0 Å². The molecule has 15 aromatic heterocycles. The molecule has 44 heteroatoms. The topological polar surface area (TPSA) is 414 Å². The summed E-state index contributed by atoms with van der Waals surface area (Å²) in [6.07, 6.45) is 47.9. The van der Waals surface area contributed by atoms with E-state index >= 15 is 0 Å². The minimum Gasteiger partial charge on any atom is -0.778 e. The molecular formula is C87H95B2Cl4I2N32NaS3. The second kappa shape index (κ2) is 42.7. The van der Waals surface area contributed by atoms with Crippen molar-refractivity contribution in [1.82, 2.24) is 119 Å². The van der Waals surface area contributed by atoms with Crippen LogP contribution in [0.2, 0.25) is 20.4 Å². The van der Waals surface area contributed by atoms with Crippen LogP contribution in [0.25, 0.3) is 22.6 Å². The number of nitrogens with zero attached hydrogens (tertiary/aromatic N) is 26. The molecule has 23 rings (SSSR count). The van der Waals surface area contributed by atoms with Gasteiger partial charge in [-0.3, -0.25) is 28.7 Å². The van der Waals surface area contributed by atoms with Crippen molar-refractivity contribution in [3.05, 3.63) is 233 Å². The van der Waals surface area contributed by atoms with E-state index in [1.165, 1.54) is 113 Å². The molecule has 32 nitrogen and oxygen atoms in total. The summed E-state index contributed by atoms with van der Waals surface area (Å²) in [4.78, 5) is 58.0. The molecule has 4 aliphatic heterocycles. The van der Waals surface area contributed by atoms with Crippen molar-refractivity contribution < 1.29 is 29.6 Å². The largest absolute Gasteiger partial charge is 1.00 e. The summed E-state index contributed by atoms with van der Waals surface area (Å²) in [6, 6.07) is 14.2. The summed E-state index contributed by atoms with van der Waals surface area (Å²) < 4.78 is 9.51. The van der Waals surface area contributed by atoms with Gasteiger partial charge in [-0.2, -0.15) is 4.90 Å². The van der Waals surface area contributed by atoms with Crippen LogP contribution in [0.4, 0.5) is 35.3 Å². The predicted molar refractivity (Wildman–Crippen MR) is 532 cm³/mol. The summed E-state index contributed by atoms with van der Waals surface area (Å²) in [5.41, 5.74) is 45.4. The van der Waals surface area contributed by atoms with Gasteiger partial charge in [-0.25, -0.2) is 43.7 Å². The second-order valence-corrected chi connectivity index (χ2v) is 39.4. The van der Waals surface area contributed by atoms with Gasteiger partial charge in [-0.15, -0.1) is 40.8 Å². The Hall–Kier alpha value is -8.40. The number of nitrogens with two attached hydrogens (primary N) is 5. The molecule has 0 bridgehead atoms. The Bertz CT molecular complexity index is 6250. The molecule has 11 N–H and O–H groups in total. The first-order chi connectivity index (χ1) is 62.1. The maximum atomic E-state index is 6.70. The molecule has 4 radical (unpaired) electrons. The Morgan fingerprint density at radius 1 is 0.405 bits per heavy atom. The van der Waals surface area contributed by atoms with Gasteiger partial charge in [0.15, 0.2) is 22.6 Å². The number of anilines is 6. The smallest absolute Gasteiger partial charge is 0.778 e. The molecule has 19 heterocycles. The Labute approximate surface area is 845 Å². The number of fused-ring (bicyclic) bond motifs is 8. The first-order valence-electron chi connectivity index (χ1n) is 41.6. The minimum absolute atomic E-state index is 0.